The van der Waals surface area contributed by atoms with Gasteiger partial charge in [0, 0.05) is 52.5 Å². The van der Waals surface area contributed by atoms with E-state index in [9.17, 15) is 18.8 Å². The highest BCUT2D eigenvalue weighted by Crippen LogP contribution is 2.06. The molecule has 136 valence electrons. The van der Waals surface area contributed by atoms with Gasteiger partial charge in [0.05, 0.1) is 0 Å². The fraction of sp³-hybridized carbons (Fsp3) is 0.500. The van der Waals surface area contributed by atoms with Crippen LogP contribution in [0.2, 0.25) is 0 Å². The summed E-state index contributed by atoms with van der Waals surface area (Å²) in [5.41, 5.74) is 0.899. The zero-order valence-corrected chi connectivity index (χ0v) is 14.5. The van der Waals surface area contributed by atoms with Crippen LogP contribution >= 0.6 is 0 Å². The summed E-state index contributed by atoms with van der Waals surface area (Å²) >= 11 is 0. The number of amides is 3. The van der Waals surface area contributed by atoms with Crippen molar-refractivity contribution >= 4 is 17.7 Å². The average molecular weight is 349 g/mol. The van der Waals surface area contributed by atoms with E-state index in [-0.39, 0.29) is 30.0 Å². The number of hydrogen-bond donors (Lipinski definition) is 1. The van der Waals surface area contributed by atoms with Crippen molar-refractivity contribution in [3.05, 3.63) is 35.6 Å². The number of nitrogens with one attached hydrogen (secondary N) is 1. The zero-order chi connectivity index (χ0) is 18.2. The third-order valence-electron chi connectivity index (χ3n) is 4.29. The molecule has 0 aromatic heterocycles. The normalized spacial score (nSPS) is 14.3. The first-order valence-electron chi connectivity index (χ1n) is 8.50. The van der Waals surface area contributed by atoms with Crippen molar-refractivity contribution in [3.8, 4) is 0 Å². The van der Waals surface area contributed by atoms with Crippen LogP contribution in [0.1, 0.15) is 25.3 Å². The van der Waals surface area contributed by atoms with Gasteiger partial charge in [-0.25, -0.2) is 4.39 Å². The third-order valence-corrected chi connectivity index (χ3v) is 4.29. The minimum Gasteiger partial charge on any atom is -0.356 e. The third kappa shape index (κ3) is 6.17. The molecule has 1 N–H and O–H groups in total. The first-order valence-corrected chi connectivity index (χ1v) is 8.50. The van der Waals surface area contributed by atoms with Gasteiger partial charge in [-0.3, -0.25) is 14.4 Å². The summed E-state index contributed by atoms with van der Waals surface area (Å²) in [4.78, 5) is 38.6. The summed E-state index contributed by atoms with van der Waals surface area (Å²) in [5, 5.41) is 2.74. The quantitative estimate of drug-likeness (QED) is 0.832. The van der Waals surface area contributed by atoms with Crippen molar-refractivity contribution in [3.63, 3.8) is 0 Å². The minimum absolute atomic E-state index is 0.0120. The molecule has 6 nitrogen and oxygen atoms in total. The molecule has 0 saturated carbocycles. The molecule has 2 rings (SSSR count). The Labute approximate surface area is 147 Å². The molecule has 1 aliphatic rings. The summed E-state index contributed by atoms with van der Waals surface area (Å²) in [7, 11) is 0. The molecule has 1 aromatic carbocycles. The van der Waals surface area contributed by atoms with E-state index in [2.05, 4.69) is 5.32 Å². The van der Waals surface area contributed by atoms with Crippen molar-refractivity contribution in [2.75, 3.05) is 32.7 Å². The van der Waals surface area contributed by atoms with Crippen molar-refractivity contribution in [1.82, 2.24) is 15.1 Å². The van der Waals surface area contributed by atoms with E-state index in [4.69, 9.17) is 0 Å². The molecule has 1 aliphatic heterocycles. The molecule has 25 heavy (non-hydrogen) atoms. The summed E-state index contributed by atoms with van der Waals surface area (Å²) in [6.07, 6.45) is 1.09. The van der Waals surface area contributed by atoms with E-state index in [1.807, 2.05) is 0 Å². The predicted octanol–water partition coefficient (Wildman–Crippen LogP) is 0.955. The minimum atomic E-state index is -0.296. The van der Waals surface area contributed by atoms with E-state index < -0.39 is 0 Å². The largest absolute Gasteiger partial charge is 0.356 e. The monoisotopic (exact) mass is 349 g/mol. The molecule has 0 aliphatic carbocycles. The maximum absolute atomic E-state index is 12.8. The molecular formula is C18H24FN3O3. The van der Waals surface area contributed by atoms with Gasteiger partial charge in [-0.1, -0.05) is 12.1 Å². The Morgan fingerprint density at radius 2 is 1.60 bits per heavy atom. The van der Waals surface area contributed by atoms with E-state index >= 15 is 0 Å². The molecule has 0 spiro atoms. The molecule has 1 aromatic rings. The van der Waals surface area contributed by atoms with Crippen LogP contribution in [0.4, 0.5) is 4.39 Å². The van der Waals surface area contributed by atoms with Crippen molar-refractivity contribution in [1.29, 1.82) is 0 Å². The molecular weight excluding hydrogens is 325 g/mol. The number of rotatable bonds is 6. The predicted molar refractivity (Wildman–Crippen MR) is 91.2 cm³/mol. The van der Waals surface area contributed by atoms with E-state index in [0.717, 1.165) is 5.56 Å². The summed E-state index contributed by atoms with van der Waals surface area (Å²) in [5.74, 6) is -0.406. The fourth-order valence-corrected chi connectivity index (χ4v) is 2.74. The highest BCUT2D eigenvalue weighted by molar-refractivity contribution is 5.79. The molecule has 0 unspecified atom stereocenters. The summed E-state index contributed by atoms with van der Waals surface area (Å²) < 4.78 is 12.8. The summed E-state index contributed by atoms with van der Waals surface area (Å²) in [6.45, 7) is 4.02. The topological polar surface area (TPSA) is 69.7 Å². The number of hydrogen-bond acceptors (Lipinski definition) is 3. The SMILES string of the molecule is CC(=O)N1CCN(C(=O)CCNC(=O)CCc2ccc(F)cc2)CC1. The van der Waals surface area contributed by atoms with Crippen LogP contribution in [0.15, 0.2) is 24.3 Å². The van der Waals surface area contributed by atoms with Crippen LogP contribution in [0.5, 0.6) is 0 Å². The van der Waals surface area contributed by atoms with Gasteiger partial charge in [-0.2, -0.15) is 0 Å². The van der Waals surface area contributed by atoms with Gasteiger partial charge in [0.15, 0.2) is 0 Å². The van der Waals surface area contributed by atoms with Gasteiger partial charge in [0.2, 0.25) is 17.7 Å². The smallest absolute Gasteiger partial charge is 0.224 e. The summed E-state index contributed by atoms with van der Waals surface area (Å²) in [6, 6.07) is 6.06. The first-order chi connectivity index (χ1) is 12.0. The van der Waals surface area contributed by atoms with Crippen molar-refractivity contribution in [2.24, 2.45) is 0 Å². The van der Waals surface area contributed by atoms with Gasteiger partial charge in [-0.15, -0.1) is 0 Å². The molecule has 7 heteroatoms. The van der Waals surface area contributed by atoms with Gasteiger partial charge in [-0.05, 0) is 24.1 Å². The zero-order valence-electron chi connectivity index (χ0n) is 14.5. The Hall–Kier alpha value is -2.44. The Balaban J connectivity index is 1.61. The number of aryl methyl sites for hydroxylation is 1. The average Bonchev–Trinajstić information content (AvgIpc) is 2.61. The molecule has 3 amide bonds. The van der Waals surface area contributed by atoms with Crippen LogP contribution in [0, 0.1) is 5.82 Å². The van der Waals surface area contributed by atoms with Gasteiger partial charge >= 0.3 is 0 Å². The van der Waals surface area contributed by atoms with Crippen LogP contribution < -0.4 is 5.32 Å². The maximum Gasteiger partial charge on any atom is 0.224 e. The second kappa shape index (κ2) is 9.15. The van der Waals surface area contributed by atoms with E-state index in [1.165, 1.54) is 19.1 Å². The molecule has 1 heterocycles. The Morgan fingerprint density at radius 1 is 1.00 bits per heavy atom. The van der Waals surface area contributed by atoms with Crippen molar-refractivity contribution in [2.45, 2.75) is 26.2 Å². The Morgan fingerprint density at radius 3 is 2.20 bits per heavy atom. The number of carbonyl (C=O) groups is 3. The van der Waals surface area contributed by atoms with Crippen LogP contribution in [0.3, 0.4) is 0 Å². The van der Waals surface area contributed by atoms with E-state index in [0.29, 0.717) is 45.6 Å². The Bertz CT molecular complexity index is 610. The standard InChI is InChI=1S/C18H24FN3O3/c1-14(23)21-10-12-22(13-11-21)18(25)8-9-20-17(24)7-4-15-2-5-16(19)6-3-15/h2-3,5-6H,4,7-13H2,1H3,(H,20,24). The number of piperazine rings is 1. The van der Waals surface area contributed by atoms with E-state index in [1.54, 1.807) is 21.9 Å². The first kappa shape index (κ1) is 18.9. The number of benzene rings is 1. The number of halogens is 1. The van der Waals surface area contributed by atoms with Crippen LogP contribution in [-0.2, 0) is 20.8 Å². The second-order valence-corrected chi connectivity index (χ2v) is 6.11. The molecule has 0 atom stereocenters. The second-order valence-electron chi connectivity index (χ2n) is 6.11. The molecule has 1 saturated heterocycles. The highest BCUT2D eigenvalue weighted by atomic mass is 19.1. The van der Waals surface area contributed by atoms with Crippen LogP contribution in [0.25, 0.3) is 0 Å². The maximum atomic E-state index is 12.8. The molecule has 0 radical (unpaired) electrons. The van der Waals surface area contributed by atoms with Gasteiger partial charge < -0.3 is 15.1 Å². The number of nitrogens with zero attached hydrogens (tertiary/aromatic N) is 2. The molecule has 1 fully saturated rings. The van der Waals surface area contributed by atoms with Gasteiger partial charge in [0.1, 0.15) is 5.82 Å². The van der Waals surface area contributed by atoms with Crippen molar-refractivity contribution < 1.29 is 18.8 Å². The molecule has 0 bridgehead atoms. The van der Waals surface area contributed by atoms with Crippen LogP contribution in [-0.4, -0.2) is 60.2 Å². The lowest BCUT2D eigenvalue weighted by molar-refractivity contribution is -0.138. The van der Waals surface area contributed by atoms with Gasteiger partial charge in [0.25, 0.3) is 0 Å². The number of carbonyl (C=O) groups excluding carboxylic acids is 3. The lowest BCUT2D eigenvalue weighted by Crippen LogP contribution is -2.50. The lowest BCUT2D eigenvalue weighted by Gasteiger charge is -2.34. The fourth-order valence-electron chi connectivity index (χ4n) is 2.74. The lowest BCUT2D eigenvalue weighted by atomic mass is 10.1. The Kier molecular flexibility index (Phi) is 6.91. The highest BCUT2D eigenvalue weighted by Gasteiger charge is 2.21.